The molecule has 11 heteroatoms. The molecule has 1 aliphatic heterocycles. The fourth-order valence-electron chi connectivity index (χ4n) is 3.48. The number of rotatable bonds is 7. The number of benzene rings is 1. The van der Waals surface area contributed by atoms with Crippen LogP contribution in [0.2, 0.25) is 0 Å². The maximum atomic E-state index is 14.2. The number of nitrogens with zero attached hydrogens (tertiary/aromatic N) is 4. The van der Waals surface area contributed by atoms with Crippen molar-refractivity contribution in [2.75, 3.05) is 30.9 Å². The SMILES string of the molecule is CC(C)c1noc(N2CCC(COc3ncc(-c4ccc(S(C)(=O)=O)c(F)c4)s3)CC2)n1. The minimum atomic E-state index is -3.60. The van der Waals surface area contributed by atoms with E-state index in [1.807, 2.05) is 13.8 Å². The number of halogens is 1. The first-order valence-corrected chi connectivity index (χ1v) is 13.1. The van der Waals surface area contributed by atoms with E-state index in [2.05, 4.69) is 20.0 Å². The number of anilines is 1. The van der Waals surface area contributed by atoms with Crippen molar-refractivity contribution in [2.45, 2.75) is 37.5 Å². The number of hydrogen-bond donors (Lipinski definition) is 0. The predicted molar refractivity (Wildman–Crippen MR) is 119 cm³/mol. The minimum absolute atomic E-state index is 0.232. The molecule has 172 valence electrons. The molecule has 8 nitrogen and oxygen atoms in total. The Morgan fingerprint density at radius 2 is 2.06 bits per heavy atom. The van der Waals surface area contributed by atoms with Gasteiger partial charge >= 0.3 is 6.01 Å². The molecule has 1 aliphatic rings. The molecule has 0 radical (unpaired) electrons. The summed E-state index contributed by atoms with van der Waals surface area (Å²) in [6.07, 6.45) is 4.48. The highest BCUT2D eigenvalue weighted by Crippen LogP contribution is 2.33. The third-order valence-electron chi connectivity index (χ3n) is 5.38. The average molecular weight is 481 g/mol. The fraction of sp³-hybridized carbons (Fsp3) is 0.476. The van der Waals surface area contributed by atoms with E-state index < -0.39 is 15.7 Å². The number of piperidine rings is 1. The Morgan fingerprint density at radius 3 is 2.69 bits per heavy atom. The molecule has 0 aliphatic carbocycles. The summed E-state index contributed by atoms with van der Waals surface area (Å²) in [5.41, 5.74) is 0.566. The fourth-order valence-corrected chi connectivity index (χ4v) is 4.98. The summed E-state index contributed by atoms with van der Waals surface area (Å²) in [6, 6.07) is 4.65. The maximum absolute atomic E-state index is 14.2. The summed E-state index contributed by atoms with van der Waals surface area (Å²) in [6.45, 7) is 6.25. The zero-order valence-corrected chi connectivity index (χ0v) is 19.7. The van der Waals surface area contributed by atoms with Crippen LogP contribution in [0, 0.1) is 11.7 Å². The highest BCUT2D eigenvalue weighted by Gasteiger charge is 2.24. The van der Waals surface area contributed by atoms with E-state index in [4.69, 9.17) is 9.26 Å². The second-order valence-corrected chi connectivity index (χ2v) is 11.2. The van der Waals surface area contributed by atoms with Crippen LogP contribution < -0.4 is 9.64 Å². The summed E-state index contributed by atoms with van der Waals surface area (Å²) in [7, 11) is -3.60. The van der Waals surface area contributed by atoms with E-state index in [-0.39, 0.29) is 10.8 Å². The van der Waals surface area contributed by atoms with Gasteiger partial charge in [0.05, 0.1) is 11.5 Å². The van der Waals surface area contributed by atoms with Crippen LogP contribution >= 0.6 is 11.3 Å². The Balaban J connectivity index is 1.31. The summed E-state index contributed by atoms with van der Waals surface area (Å²) in [5.74, 6) is 0.568. The van der Waals surface area contributed by atoms with Gasteiger partial charge < -0.3 is 14.2 Å². The van der Waals surface area contributed by atoms with E-state index >= 15 is 0 Å². The molecule has 0 amide bonds. The van der Waals surface area contributed by atoms with E-state index in [0.717, 1.165) is 38.0 Å². The second-order valence-electron chi connectivity index (χ2n) is 8.24. The van der Waals surface area contributed by atoms with Crippen molar-refractivity contribution in [3.8, 4) is 15.6 Å². The first-order valence-electron chi connectivity index (χ1n) is 10.4. The largest absolute Gasteiger partial charge is 0.470 e. The van der Waals surface area contributed by atoms with E-state index in [0.29, 0.717) is 34.2 Å². The van der Waals surface area contributed by atoms with Gasteiger partial charge in [0.1, 0.15) is 10.7 Å². The smallest absolute Gasteiger partial charge is 0.324 e. The first kappa shape index (κ1) is 22.7. The number of thiazole rings is 1. The number of hydrogen-bond acceptors (Lipinski definition) is 9. The zero-order chi connectivity index (χ0) is 22.9. The molecule has 3 aromatic rings. The lowest BCUT2D eigenvalue weighted by atomic mass is 9.98. The normalized spacial score (nSPS) is 15.5. The summed E-state index contributed by atoms with van der Waals surface area (Å²) < 4.78 is 48.6. The Kier molecular flexibility index (Phi) is 6.47. The van der Waals surface area contributed by atoms with Gasteiger partial charge in [0.2, 0.25) is 0 Å². The quantitative estimate of drug-likeness (QED) is 0.497. The molecular formula is C21H25FN4O4S2. The first-order chi connectivity index (χ1) is 15.2. The van der Waals surface area contributed by atoms with E-state index in [1.165, 1.54) is 23.5 Å². The van der Waals surface area contributed by atoms with Crippen molar-refractivity contribution in [3.05, 3.63) is 36.0 Å². The summed E-state index contributed by atoms with van der Waals surface area (Å²) in [4.78, 5) is 11.2. The van der Waals surface area contributed by atoms with Crippen molar-refractivity contribution in [1.29, 1.82) is 0 Å². The molecule has 2 aromatic heterocycles. The van der Waals surface area contributed by atoms with Gasteiger partial charge in [-0.1, -0.05) is 36.4 Å². The van der Waals surface area contributed by atoms with Gasteiger partial charge in [-0.15, -0.1) is 0 Å². The number of ether oxygens (including phenoxy) is 1. The molecule has 4 rings (SSSR count). The standard InChI is InChI=1S/C21H25FN4O4S2/c1-13(2)19-24-20(30-25-19)26-8-6-14(7-9-26)12-29-21-23-11-17(31-21)15-4-5-18(16(22)10-15)32(3,27)28/h4-5,10-11,13-14H,6-9,12H2,1-3H3. The molecule has 0 bridgehead atoms. The van der Waals surface area contributed by atoms with Gasteiger partial charge in [-0.05, 0) is 36.5 Å². The average Bonchev–Trinajstić information content (AvgIpc) is 3.42. The molecule has 0 saturated carbocycles. The van der Waals surface area contributed by atoms with E-state index in [9.17, 15) is 12.8 Å². The van der Waals surface area contributed by atoms with Crippen molar-refractivity contribution in [2.24, 2.45) is 5.92 Å². The molecule has 0 unspecified atom stereocenters. The van der Waals surface area contributed by atoms with Crippen LogP contribution in [0.3, 0.4) is 0 Å². The monoisotopic (exact) mass is 480 g/mol. The summed E-state index contributed by atoms with van der Waals surface area (Å²) in [5, 5.41) is 4.53. The van der Waals surface area contributed by atoms with Crippen LogP contribution in [0.4, 0.5) is 10.4 Å². The molecule has 32 heavy (non-hydrogen) atoms. The maximum Gasteiger partial charge on any atom is 0.324 e. The lowest BCUT2D eigenvalue weighted by Crippen LogP contribution is -2.35. The molecule has 0 N–H and O–H groups in total. The summed E-state index contributed by atoms with van der Waals surface area (Å²) >= 11 is 1.31. The topological polar surface area (TPSA) is 98.4 Å². The van der Waals surface area contributed by atoms with Crippen LogP contribution in [0.5, 0.6) is 5.19 Å². The number of sulfone groups is 1. The van der Waals surface area contributed by atoms with Gasteiger partial charge in [-0.3, -0.25) is 0 Å². The van der Waals surface area contributed by atoms with Gasteiger partial charge in [-0.25, -0.2) is 17.8 Å². The van der Waals surface area contributed by atoms with Crippen LogP contribution in [-0.4, -0.2) is 49.5 Å². The zero-order valence-electron chi connectivity index (χ0n) is 18.1. The van der Waals surface area contributed by atoms with Gasteiger partial charge in [0, 0.05) is 31.5 Å². The third-order valence-corrected chi connectivity index (χ3v) is 7.46. The van der Waals surface area contributed by atoms with Crippen molar-refractivity contribution >= 4 is 27.2 Å². The molecule has 0 spiro atoms. The van der Waals surface area contributed by atoms with Gasteiger partial charge in [0.25, 0.3) is 5.19 Å². The molecule has 3 heterocycles. The Bertz CT molecular complexity index is 1180. The van der Waals surface area contributed by atoms with Gasteiger partial charge in [-0.2, -0.15) is 4.98 Å². The Morgan fingerprint density at radius 1 is 1.31 bits per heavy atom. The van der Waals surface area contributed by atoms with Gasteiger partial charge in [0.15, 0.2) is 15.7 Å². The molecule has 0 atom stereocenters. The predicted octanol–water partition coefficient (Wildman–Crippen LogP) is 4.15. The van der Waals surface area contributed by atoms with Crippen molar-refractivity contribution in [1.82, 2.24) is 15.1 Å². The highest BCUT2D eigenvalue weighted by molar-refractivity contribution is 7.90. The van der Waals surface area contributed by atoms with Crippen molar-refractivity contribution < 1.29 is 22.1 Å². The molecule has 1 saturated heterocycles. The molecular weight excluding hydrogens is 455 g/mol. The number of aromatic nitrogens is 3. The van der Waals surface area contributed by atoms with Crippen LogP contribution in [0.25, 0.3) is 10.4 Å². The Hall–Kier alpha value is -2.53. The molecule has 1 aromatic carbocycles. The van der Waals surface area contributed by atoms with Crippen LogP contribution in [0.15, 0.2) is 33.8 Å². The second kappa shape index (κ2) is 9.14. The van der Waals surface area contributed by atoms with E-state index in [1.54, 1.807) is 12.3 Å². The lowest BCUT2D eigenvalue weighted by molar-refractivity contribution is 0.219. The molecule has 1 fully saturated rings. The van der Waals surface area contributed by atoms with Crippen LogP contribution in [0.1, 0.15) is 38.4 Å². The lowest BCUT2D eigenvalue weighted by Gasteiger charge is -2.30. The van der Waals surface area contributed by atoms with Crippen LogP contribution in [-0.2, 0) is 9.84 Å². The minimum Gasteiger partial charge on any atom is -0.470 e. The Labute approximate surface area is 190 Å². The third kappa shape index (κ3) is 5.09. The van der Waals surface area contributed by atoms with Crippen molar-refractivity contribution in [3.63, 3.8) is 0 Å². The highest BCUT2D eigenvalue weighted by atomic mass is 32.2.